The van der Waals surface area contributed by atoms with Gasteiger partial charge in [-0.05, 0) is 90.4 Å². The average molecular weight is 821 g/mol. The molecule has 0 radical (unpaired) electrons. The van der Waals surface area contributed by atoms with E-state index in [4.69, 9.17) is 9.47 Å². The van der Waals surface area contributed by atoms with E-state index >= 15 is 0 Å². The molecule has 0 rings (SSSR count). The molecule has 0 aromatic rings. The fraction of sp³-hybridized carbons (Fsp3) is 0.962. The summed E-state index contributed by atoms with van der Waals surface area (Å²) in [6, 6.07) is 0. The van der Waals surface area contributed by atoms with Crippen molar-refractivity contribution in [2.24, 2.45) is 11.8 Å². The normalized spacial score (nSPS) is 12.8. The lowest BCUT2D eigenvalue weighted by molar-refractivity contribution is -0.146. The Morgan fingerprint density at radius 2 is 0.655 bits per heavy atom. The smallest absolute Gasteiger partial charge is 0.305 e. The molecular formula is C52H104N2O4. The van der Waals surface area contributed by atoms with E-state index in [9.17, 15) is 9.59 Å². The summed E-state index contributed by atoms with van der Waals surface area (Å²) in [5.74, 6) is 1.16. The second kappa shape index (κ2) is 45.4. The van der Waals surface area contributed by atoms with Crippen LogP contribution >= 0.6 is 0 Å². The zero-order chi connectivity index (χ0) is 42.6. The zero-order valence-corrected chi connectivity index (χ0v) is 40.4. The van der Waals surface area contributed by atoms with Gasteiger partial charge in [-0.1, -0.05) is 195 Å². The summed E-state index contributed by atoms with van der Waals surface area (Å²) in [7, 11) is 4.36. The molecular weight excluding hydrogens is 717 g/mol. The van der Waals surface area contributed by atoms with Gasteiger partial charge in [-0.2, -0.15) is 0 Å². The molecule has 2 unspecified atom stereocenters. The van der Waals surface area contributed by atoms with E-state index < -0.39 is 0 Å². The number of carbonyl (C=O) groups is 2. The highest BCUT2D eigenvalue weighted by Gasteiger charge is 2.14. The van der Waals surface area contributed by atoms with Crippen LogP contribution in [0.5, 0.6) is 0 Å². The van der Waals surface area contributed by atoms with Crippen LogP contribution < -0.4 is 0 Å². The van der Waals surface area contributed by atoms with Crippen molar-refractivity contribution >= 4 is 11.9 Å². The molecule has 58 heavy (non-hydrogen) atoms. The SMILES string of the molecule is CCCCCCCC(CCCCC)COC(=O)CCCCCCCCCN(CCCCCCCCCC(=O)OCC(CCCCC)CCCCCCC)CCN(C)C. The van der Waals surface area contributed by atoms with E-state index in [1.54, 1.807) is 0 Å². The summed E-state index contributed by atoms with van der Waals surface area (Å²) in [5, 5.41) is 0. The molecule has 0 aliphatic carbocycles. The van der Waals surface area contributed by atoms with Crippen molar-refractivity contribution in [3.63, 3.8) is 0 Å². The molecule has 0 aromatic carbocycles. The predicted molar refractivity (Wildman–Crippen MR) is 253 cm³/mol. The summed E-state index contributed by atoms with van der Waals surface area (Å²) in [6.07, 6.45) is 43.9. The minimum absolute atomic E-state index is 0.0262. The molecule has 0 fully saturated rings. The molecule has 0 aliphatic rings. The standard InChI is InChI=1S/C52H104N2O4/c1-7-11-15-23-31-39-49(37-29-13-9-3)47-57-51(55)41-33-25-19-17-21-27-35-43-54(46-45-53(5)6)44-36-28-22-18-20-26-34-42-52(56)58-48-50(38-30-14-10-4)40-32-24-16-12-8-2/h49-50H,7-48H2,1-6H3. The molecule has 0 N–H and O–H groups in total. The number of unbranched alkanes of at least 4 members (excludes halogenated alkanes) is 24. The van der Waals surface area contributed by atoms with Crippen molar-refractivity contribution < 1.29 is 19.1 Å². The maximum Gasteiger partial charge on any atom is 0.305 e. The lowest BCUT2D eigenvalue weighted by Crippen LogP contribution is -2.33. The van der Waals surface area contributed by atoms with Crippen molar-refractivity contribution in [3.05, 3.63) is 0 Å². The Labute approximate surface area is 363 Å². The number of esters is 2. The van der Waals surface area contributed by atoms with Gasteiger partial charge in [0.15, 0.2) is 0 Å². The third-order valence-electron chi connectivity index (χ3n) is 12.4. The van der Waals surface area contributed by atoms with Crippen LogP contribution in [0, 0.1) is 11.8 Å². The molecule has 0 aromatic heterocycles. The minimum Gasteiger partial charge on any atom is -0.465 e. The van der Waals surface area contributed by atoms with Crippen LogP contribution in [0.2, 0.25) is 0 Å². The summed E-state index contributed by atoms with van der Waals surface area (Å²) < 4.78 is 11.5. The second-order valence-corrected chi connectivity index (χ2v) is 18.6. The van der Waals surface area contributed by atoms with Gasteiger partial charge in [0.2, 0.25) is 0 Å². The number of hydrogen-bond acceptors (Lipinski definition) is 6. The Morgan fingerprint density at radius 1 is 0.362 bits per heavy atom. The summed E-state index contributed by atoms with van der Waals surface area (Å²) in [4.78, 5) is 29.9. The Bertz CT molecular complexity index is 789. The van der Waals surface area contributed by atoms with E-state index in [2.05, 4.69) is 51.6 Å². The highest BCUT2D eigenvalue weighted by atomic mass is 16.5. The van der Waals surface area contributed by atoms with Crippen LogP contribution in [0.1, 0.15) is 259 Å². The summed E-state index contributed by atoms with van der Waals surface area (Å²) in [5.41, 5.74) is 0. The van der Waals surface area contributed by atoms with Gasteiger partial charge >= 0.3 is 11.9 Å². The molecule has 6 heteroatoms. The molecule has 0 aliphatic heterocycles. The molecule has 2 atom stereocenters. The quantitative estimate of drug-likeness (QED) is 0.0450. The van der Waals surface area contributed by atoms with Crippen molar-refractivity contribution in [1.82, 2.24) is 9.80 Å². The first-order valence-corrected chi connectivity index (χ1v) is 26.0. The van der Waals surface area contributed by atoms with Gasteiger partial charge in [-0.25, -0.2) is 0 Å². The van der Waals surface area contributed by atoms with E-state index in [1.807, 2.05) is 0 Å². The van der Waals surface area contributed by atoms with Crippen LogP contribution in [0.4, 0.5) is 0 Å². The highest BCUT2D eigenvalue weighted by molar-refractivity contribution is 5.69. The fourth-order valence-corrected chi connectivity index (χ4v) is 8.28. The number of rotatable bonds is 47. The molecule has 0 saturated heterocycles. The van der Waals surface area contributed by atoms with Gasteiger partial charge in [0.25, 0.3) is 0 Å². The van der Waals surface area contributed by atoms with Crippen LogP contribution in [-0.2, 0) is 19.1 Å². The first-order valence-electron chi connectivity index (χ1n) is 26.0. The number of ether oxygens (including phenoxy) is 2. The van der Waals surface area contributed by atoms with E-state index in [0.29, 0.717) is 37.9 Å². The lowest BCUT2D eigenvalue weighted by Gasteiger charge is -2.24. The lowest BCUT2D eigenvalue weighted by atomic mass is 9.95. The van der Waals surface area contributed by atoms with Crippen LogP contribution in [-0.4, -0.2) is 75.2 Å². The summed E-state index contributed by atoms with van der Waals surface area (Å²) in [6.45, 7) is 15.1. The zero-order valence-electron chi connectivity index (χ0n) is 40.4. The monoisotopic (exact) mass is 821 g/mol. The molecule has 0 heterocycles. The van der Waals surface area contributed by atoms with Gasteiger partial charge in [0.1, 0.15) is 0 Å². The van der Waals surface area contributed by atoms with Crippen LogP contribution in [0.15, 0.2) is 0 Å². The average Bonchev–Trinajstić information content (AvgIpc) is 3.21. The fourth-order valence-electron chi connectivity index (χ4n) is 8.28. The van der Waals surface area contributed by atoms with Crippen LogP contribution in [0.25, 0.3) is 0 Å². The van der Waals surface area contributed by atoms with Crippen LogP contribution in [0.3, 0.4) is 0 Å². The van der Waals surface area contributed by atoms with E-state index in [-0.39, 0.29) is 11.9 Å². The van der Waals surface area contributed by atoms with Crippen molar-refractivity contribution in [2.45, 2.75) is 259 Å². The van der Waals surface area contributed by atoms with Gasteiger partial charge in [-0.3, -0.25) is 9.59 Å². The molecule has 0 amide bonds. The highest BCUT2D eigenvalue weighted by Crippen LogP contribution is 2.21. The predicted octanol–water partition coefficient (Wildman–Crippen LogP) is 15.3. The molecule has 0 spiro atoms. The Balaban J connectivity index is 4.04. The molecule has 346 valence electrons. The third kappa shape index (κ3) is 41.6. The van der Waals surface area contributed by atoms with E-state index in [1.165, 1.54) is 206 Å². The van der Waals surface area contributed by atoms with Crippen molar-refractivity contribution in [2.75, 3.05) is 53.5 Å². The maximum absolute atomic E-state index is 12.5. The molecule has 0 saturated carbocycles. The molecule has 6 nitrogen and oxygen atoms in total. The topological polar surface area (TPSA) is 59.1 Å². The largest absolute Gasteiger partial charge is 0.465 e. The van der Waals surface area contributed by atoms with E-state index in [0.717, 1.165) is 38.8 Å². The Kier molecular flexibility index (Phi) is 44.5. The third-order valence-corrected chi connectivity index (χ3v) is 12.4. The molecule has 0 bridgehead atoms. The maximum atomic E-state index is 12.5. The van der Waals surface area contributed by atoms with Gasteiger partial charge < -0.3 is 19.3 Å². The second-order valence-electron chi connectivity index (χ2n) is 18.6. The van der Waals surface area contributed by atoms with Gasteiger partial charge in [-0.15, -0.1) is 0 Å². The number of likely N-dealkylation sites (N-methyl/N-ethyl adjacent to an activating group) is 1. The first-order chi connectivity index (χ1) is 28.4. The number of nitrogens with zero attached hydrogens (tertiary/aromatic N) is 2. The Hall–Kier alpha value is -1.14. The van der Waals surface area contributed by atoms with Gasteiger partial charge in [0.05, 0.1) is 13.2 Å². The Morgan fingerprint density at radius 3 is 1.02 bits per heavy atom. The van der Waals surface area contributed by atoms with Crippen molar-refractivity contribution in [3.8, 4) is 0 Å². The summed E-state index contributed by atoms with van der Waals surface area (Å²) >= 11 is 0. The number of carbonyl (C=O) groups excluding carboxylic acids is 2. The van der Waals surface area contributed by atoms with Crippen molar-refractivity contribution in [1.29, 1.82) is 0 Å². The van der Waals surface area contributed by atoms with Gasteiger partial charge in [0, 0.05) is 25.9 Å². The minimum atomic E-state index is 0.0262. The first kappa shape index (κ1) is 56.9. The number of hydrogen-bond donors (Lipinski definition) is 0.